The second-order valence-corrected chi connectivity index (χ2v) is 10.1. The highest BCUT2D eigenvalue weighted by atomic mass is 32.2. The van der Waals surface area contributed by atoms with Crippen LogP contribution in [0.3, 0.4) is 0 Å². The summed E-state index contributed by atoms with van der Waals surface area (Å²) in [4.78, 5) is 13.0. The van der Waals surface area contributed by atoms with Gasteiger partial charge in [-0.2, -0.15) is 0 Å². The van der Waals surface area contributed by atoms with Gasteiger partial charge in [-0.1, -0.05) is 18.2 Å². The fourth-order valence-electron chi connectivity index (χ4n) is 4.25. The molecule has 3 aliphatic rings. The molecule has 8 heteroatoms. The molecule has 7 nitrogen and oxygen atoms in total. The van der Waals surface area contributed by atoms with Crippen molar-refractivity contribution in [2.75, 3.05) is 26.3 Å². The molecule has 1 aromatic heterocycles. The van der Waals surface area contributed by atoms with Gasteiger partial charge in [0.2, 0.25) is 15.9 Å². The van der Waals surface area contributed by atoms with E-state index in [1.807, 2.05) is 30.3 Å². The van der Waals surface area contributed by atoms with Crippen LogP contribution in [-0.4, -0.2) is 50.2 Å². The molecule has 1 amide bonds. The third-order valence-electron chi connectivity index (χ3n) is 6.00. The molecule has 2 aliphatic heterocycles. The van der Waals surface area contributed by atoms with E-state index in [2.05, 4.69) is 5.32 Å². The molecule has 0 unspecified atom stereocenters. The average Bonchev–Trinajstić information content (AvgIpc) is 3.16. The van der Waals surface area contributed by atoms with Crippen LogP contribution in [-0.2, 0) is 26.1 Å². The van der Waals surface area contributed by atoms with Gasteiger partial charge in [-0.3, -0.25) is 4.79 Å². The van der Waals surface area contributed by atoms with Crippen LogP contribution in [0.2, 0.25) is 0 Å². The van der Waals surface area contributed by atoms with Crippen molar-refractivity contribution in [1.82, 2.24) is 9.62 Å². The lowest BCUT2D eigenvalue weighted by Crippen LogP contribution is -2.47. The van der Waals surface area contributed by atoms with Gasteiger partial charge in [-0.15, -0.1) is 0 Å². The molecule has 1 N–H and O–H groups in total. The van der Waals surface area contributed by atoms with Gasteiger partial charge < -0.3 is 14.5 Å². The van der Waals surface area contributed by atoms with E-state index in [9.17, 15) is 13.2 Å². The Morgan fingerprint density at radius 2 is 2.11 bits per heavy atom. The van der Waals surface area contributed by atoms with Crippen LogP contribution in [0.5, 0.6) is 0 Å². The summed E-state index contributed by atoms with van der Waals surface area (Å²) in [6.45, 7) is 1.55. The number of furan rings is 1. The van der Waals surface area contributed by atoms with Gasteiger partial charge in [0.05, 0.1) is 30.4 Å². The lowest BCUT2D eigenvalue weighted by molar-refractivity contribution is -0.131. The topological polar surface area (TPSA) is 88.8 Å². The lowest BCUT2D eigenvalue weighted by atomic mass is 9.80. The second-order valence-electron chi connectivity index (χ2n) is 7.84. The van der Waals surface area contributed by atoms with Crippen molar-refractivity contribution in [1.29, 1.82) is 0 Å². The smallest absolute Gasteiger partial charge is 0.230 e. The van der Waals surface area contributed by atoms with Crippen LogP contribution in [0.1, 0.15) is 18.6 Å². The Morgan fingerprint density at radius 1 is 1.30 bits per heavy atom. The molecule has 3 fully saturated rings. The van der Waals surface area contributed by atoms with E-state index in [-0.39, 0.29) is 36.8 Å². The van der Waals surface area contributed by atoms with Crippen LogP contribution < -0.4 is 5.32 Å². The van der Waals surface area contributed by atoms with Gasteiger partial charge in [-0.05, 0) is 25.0 Å². The largest absolute Gasteiger partial charge is 0.459 e. The minimum Gasteiger partial charge on any atom is -0.459 e. The first-order valence-corrected chi connectivity index (χ1v) is 10.8. The molecule has 0 radical (unpaired) electrons. The zero-order valence-corrected chi connectivity index (χ0v) is 15.7. The lowest BCUT2D eigenvalue weighted by Gasteiger charge is -2.25. The maximum Gasteiger partial charge on any atom is 0.230 e. The fraction of sp³-hybridized carbons (Fsp3) is 0.526. The van der Waals surface area contributed by atoms with E-state index < -0.39 is 15.4 Å². The van der Waals surface area contributed by atoms with Gasteiger partial charge in [0, 0.05) is 24.4 Å². The number of nitrogens with zero attached hydrogens (tertiary/aromatic N) is 1. The maximum absolute atomic E-state index is 13.0. The number of sulfonamides is 1. The van der Waals surface area contributed by atoms with Gasteiger partial charge in [-0.25, -0.2) is 12.7 Å². The second kappa shape index (κ2) is 6.05. The zero-order chi connectivity index (χ0) is 18.6. The van der Waals surface area contributed by atoms with Crippen LogP contribution >= 0.6 is 0 Å². The van der Waals surface area contributed by atoms with E-state index in [1.54, 1.807) is 0 Å². The number of carbonyl (C=O) groups excluding carboxylic acids is 1. The summed E-state index contributed by atoms with van der Waals surface area (Å²) < 4.78 is 38.0. The molecular weight excluding hydrogens is 368 g/mol. The monoisotopic (exact) mass is 390 g/mol. The first kappa shape index (κ1) is 17.2. The summed E-state index contributed by atoms with van der Waals surface area (Å²) in [6.07, 6.45) is 1.45. The number of hydrogen-bond acceptors (Lipinski definition) is 5. The van der Waals surface area contributed by atoms with E-state index >= 15 is 0 Å². The summed E-state index contributed by atoms with van der Waals surface area (Å²) >= 11 is 0. The van der Waals surface area contributed by atoms with Gasteiger partial charge in [0.1, 0.15) is 11.3 Å². The number of fused-ring (bicyclic) bond motifs is 2. The van der Waals surface area contributed by atoms with E-state index in [1.165, 1.54) is 4.31 Å². The number of nitrogens with one attached hydrogen (secondary N) is 1. The third-order valence-corrected chi connectivity index (χ3v) is 8.31. The quantitative estimate of drug-likeness (QED) is 0.836. The van der Waals surface area contributed by atoms with Crippen molar-refractivity contribution >= 4 is 26.9 Å². The van der Waals surface area contributed by atoms with Crippen molar-refractivity contribution in [2.24, 2.45) is 11.3 Å². The first-order valence-electron chi connectivity index (χ1n) is 9.31. The number of rotatable bonds is 5. The fourth-order valence-corrected chi connectivity index (χ4v) is 6.20. The Morgan fingerprint density at radius 3 is 2.89 bits per heavy atom. The van der Waals surface area contributed by atoms with E-state index in [4.69, 9.17) is 9.15 Å². The molecule has 0 spiro atoms. The highest BCUT2D eigenvalue weighted by molar-refractivity contribution is 7.90. The number of para-hydroxylation sites is 1. The number of carbonyl (C=O) groups is 1. The molecule has 1 aliphatic carbocycles. The molecular formula is C19H22N2O5S. The summed E-state index contributed by atoms with van der Waals surface area (Å²) in [5.74, 6) is 0.428. The Balaban J connectivity index is 1.32. The van der Waals surface area contributed by atoms with Crippen LogP contribution in [0, 0.1) is 11.3 Å². The van der Waals surface area contributed by atoms with Gasteiger partial charge >= 0.3 is 0 Å². The SMILES string of the molecule is O=C(NCc1cc2ccccc2o1)[C@]12COC[C@H]1CN(S(=O)(=O)C1CC1)C2. The molecule has 1 saturated carbocycles. The number of amides is 1. The van der Waals surface area contributed by atoms with E-state index in [0.29, 0.717) is 18.9 Å². The van der Waals surface area contributed by atoms with Crippen molar-refractivity contribution in [2.45, 2.75) is 24.6 Å². The van der Waals surface area contributed by atoms with E-state index in [0.717, 1.165) is 23.8 Å². The molecule has 1 aromatic carbocycles. The minimum atomic E-state index is -3.28. The Bertz CT molecular complexity index is 963. The molecule has 2 saturated heterocycles. The van der Waals surface area contributed by atoms with Crippen LogP contribution in [0.15, 0.2) is 34.7 Å². The summed E-state index contributed by atoms with van der Waals surface area (Å²) in [5, 5.41) is 3.68. The highest BCUT2D eigenvalue weighted by Gasteiger charge is 2.59. The number of ether oxygens (including phenoxy) is 1. The molecule has 3 heterocycles. The molecule has 2 atom stereocenters. The Labute approximate surface area is 157 Å². The predicted molar refractivity (Wildman–Crippen MR) is 98.3 cm³/mol. The molecule has 144 valence electrons. The van der Waals surface area contributed by atoms with Crippen LogP contribution in [0.25, 0.3) is 11.0 Å². The number of hydrogen-bond donors (Lipinski definition) is 1. The summed E-state index contributed by atoms with van der Waals surface area (Å²) in [6, 6.07) is 9.60. The van der Waals surface area contributed by atoms with Crippen molar-refractivity contribution in [3.05, 3.63) is 36.1 Å². The normalized spacial score (nSPS) is 28.5. The molecule has 27 heavy (non-hydrogen) atoms. The van der Waals surface area contributed by atoms with Crippen molar-refractivity contribution in [3.63, 3.8) is 0 Å². The number of benzene rings is 1. The summed E-state index contributed by atoms with van der Waals surface area (Å²) in [7, 11) is -3.28. The molecule has 2 aromatic rings. The standard InChI is InChI=1S/C19H22N2O5S/c22-18(20-8-15-7-13-3-1-2-4-17(13)26-15)19-11-21(9-14(19)10-25-12-19)27(23,24)16-5-6-16/h1-4,7,14,16H,5-6,8-12H2,(H,20,22)/t14-,19-/m1/s1. The van der Waals surface area contributed by atoms with Gasteiger partial charge in [0.25, 0.3) is 0 Å². The minimum absolute atomic E-state index is 0.0956. The van der Waals surface area contributed by atoms with Crippen molar-refractivity contribution in [3.8, 4) is 0 Å². The Hall–Kier alpha value is -1.90. The molecule has 0 bridgehead atoms. The first-order chi connectivity index (χ1) is 13.0. The zero-order valence-electron chi connectivity index (χ0n) is 14.9. The van der Waals surface area contributed by atoms with Crippen LogP contribution in [0.4, 0.5) is 0 Å². The highest BCUT2D eigenvalue weighted by Crippen LogP contribution is 2.45. The third kappa shape index (κ3) is 2.78. The maximum atomic E-state index is 13.0. The Kier molecular flexibility index (Phi) is 3.86. The predicted octanol–water partition coefficient (Wildman–Crippen LogP) is 1.49. The van der Waals surface area contributed by atoms with Crippen molar-refractivity contribution < 1.29 is 22.4 Å². The average molecular weight is 390 g/mol. The molecule has 5 rings (SSSR count). The van der Waals surface area contributed by atoms with Gasteiger partial charge in [0.15, 0.2) is 0 Å². The summed E-state index contributed by atoms with van der Waals surface area (Å²) in [5.41, 5.74) is -0.0156.